The summed E-state index contributed by atoms with van der Waals surface area (Å²) in [4.78, 5) is 25.0. The summed E-state index contributed by atoms with van der Waals surface area (Å²) in [7, 11) is 1.52. The molecule has 3 rings (SSSR count). The van der Waals surface area contributed by atoms with Gasteiger partial charge in [0, 0.05) is 5.70 Å². The molecule has 0 aliphatic carbocycles. The molecule has 1 aliphatic heterocycles. The van der Waals surface area contributed by atoms with Gasteiger partial charge in [0.2, 0.25) is 5.91 Å². The van der Waals surface area contributed by atoms with E-state index in [1.807, 2.05) is 0 Å². The summed E-state index contributed by atoms with van der Waals surface area (Å²) in [5, 5.41) is 8.85. The van der Waals surface area contributed by atoms with Crippen molar-refractivity contribution in [3.8, 4) is 5.75 Å². The van der Waals surface area contributed by atoms with Crippen LogP contribution in [0.3, 0.4) is 0 Å². The van der Waals surface area contributed by atoms with E-state index < -0.39 is 18.0 Å². The summed E-state index contributed by atoms with van der Waals surface area (Å²) in [6, 6.07) is 10.9. The molecule has 0 saturated carbocycles. The van der Waals surface area contributed by atoms with E-state index in [1.54, 1.807) is 42.5 Å². The standard InChI is InChI=1S/C19H17Cl2N3O3/c1-10-16(18(25)23-14-5-3-4-6-15(14)27-2)17(24-19(26)22-10)11-7-8-12(20)13(21)9-11/h3-9,16-17H,1H2,2H3,(H,23,25)(H2,22,24,26)/t16-,17+/m1/s1. The fourth-order valence-electron chi connectivity index (χ4n) is 2.94. The zero-order valence-electron chi connectivity index (χ0n) is 14.4. The molecule has 0 spiro atoms. The van der Waals surface area contributed by atoms with Crippen LogP contribution in [0.25, 0.3) is 0 Å². The molecule has 2 aromatic carbocycles. The number of rotatable bonds is 4. The minimum absolute atomic E-state index is 0.280. The molecule has 0 aromatic heterocycles. The lowest BCUT2D eigenvalue weighted by atomic mass is 9.88. The highest BCUT2D eigenvalue weighted by Gasteiger charge is 2.38. The van der Waals surface area contributed by atoms with Crippen LogP contribution in [0.2, 0.25) is 10.0 Å². The van der Waals surface area contributed by atoms with Gasteiger partial charge in [0.15, 0.2) is 0 Å². The summed E-state index contributed by atoms with van der Waals surface area (Å²) in [5.41, 5.74) is 1.44. The van der Waals surface area contributed by atoms with Gasteiger partial charge < -0.3 is 20.7 Å². The normalized spacial score (nSPS) is 19.1. The van der Waals surface area contributed by atoms with Crippen LogP contribution in [-0.2, 0) is 4.79 Å². The maximum atomic E-state index is 13.0. The van der Waals surface area contributed by atoms with Gasteiger partial charge in [0.25, 0.3) is 0 Å². The first kappa shape index (κ1) is 19.1. The third kappa shape index (κ3) is 4.02. The molecule has 1 aliphatic rings. The molecule has 0 radical (unpaired) electrons. The molecule has 3 amide bonds. The lowest BCUT2D eigenvalue weighted by molar-refractivity contribution is -0.119. The third-order valence-electron chi connectivity index (χ3n) is 4.22. The number of urea groups is 1. The maximum Gasteiger partial charge on any atom is 0.319 e. The van der Waals surface area contributed by atoms with Crippen molar-refractivity contribution in [2.75, 3.05) is 12.4 Å². The average Bonchev–Trinajstić information content (AvgIpc) is 2.63. The summed E-state index contributed by atoms with van der Waals surface area (Å²) in [6.45, 7) is 3.84. The van der Waals surface area contributed by atoms with E-state index in [0.29, 0.717) is 27.0 Å². The second-order valence-electron chi connectivity index (χ2n) is 5.94. The van der Waals surface area contributed by atoms with Gasteiger partial charge in [-0.25, -0.2) is 4.79 Å². The van der Waals surface area contributed by atoms with Gasteiger partial charge in [-0.2, -0.15) is 0 Å². The van der Waals surface area contributed by atoms with Gasteiger partial charge in [-0.1, -0.05) is 48.0 Å². The molecule has 140 valence electrons. The molecule has 0 bridgehead atoms. The van der Waals surface area contributed by atoms with Gasteiger partial charge in [-0.3, -0.25) is 4.79 Å². The number of anilines is 1. The average molecular weight is 406 g/mol. The lowest BCUT2D eigenvalue weighted by Crippen LogP contribution is -2.51. The Labute approximate surface area is 166 Å². The molecule has 6 nitrogen and oxygen atoms in total. The number of ether oxygens (including phenoxy) is 1. The van der Waals surface area contributed by atoms with Crippen molar-refractivity contribution in [3.05, 3.63) is 70.3 Å². The van der Waals surface area contributed by atoms with Crippen LogP contribution in [-0.4, -0.2) is 19.0 Å². The van der Waals surface area contributed by atoms with Crippen molar-refractivity contribution in [1.29, 1.82) is 0 Å². The monoisotopic (exact) mass is 405 g/mol. The van der Waals surface area contributed by atoms with Gasteiger partial charge in [0.1, 0.15) is 11.7 Å². The molecule has 27 heavy (non-hydrogen) atoms. The van der Waals surface area contributed by atoms with Crippen molar-refractivity contribution in [2.24, 2.45) is 5.92 Å². The quantitative estimate of drug-likeness (QED) is 0.715. The number of hydrogen-bond acceptors (Lipinski definition) is 3. The number of benzene rings is 2. The largest absolute Gasteiger partial charge is 0.495 e. The molecule has 2 atom stereocenters. The van der Waals surface area contributed by atoms with Crippen molar-refractivity contribution in [2.45, 2.75) is 6.04 Å². The second-order valence-corrected chi connectivity index (χ2v) is 6.76. The molecular formula is C19H17Cl2N3O3. The Hall–Kier alpha value is -2.70. The molecule has 8 heteroatoms. The van der Waals surface area contributed by atoms with E-state index in [0.717, 1.165) is 0 Å². The summed E-state index contributed by atoms with van der Waals surface area (Å²) in [6.07, 6.45) is 0. The molecule has 1 heterocycles. The zero-order valence-corrected chi connectivity index (χ0v) is 15.9. The van der Waals surface area contributed by atoms with Crippen LogP contribution in [0.5, 0.6) is 5.75 Å². The van der Waals surface area contributed by atoms with Gasteiger partial charge in [0.05, 0.1) is 28.9 Å². The minimum atomic E-state index is -0.773. The Morgan fingerprint density at radius 3 is 2.63 bits per heavy atom. The fourth-order valence-corrected chi connectivity index (χ4v) is 3.24. The Morgan fingerprint density at radius 2 is 1.93 bits per heavy atom. The van der Waals surface area contributed by atoms with Crippen molar-refractivity contribution >= 4 is 40.8 Å². The topological polar surface area (TPSA) is 79.5 Å². The number of halogens is 2. The smallest absolute Gasteiger partial charge is 0.319 e. The first-order chi connectivity index (χ1) is 12.9. The molecule has 1 saturated heterocycles. The summed E-state index contributed by atoms with van der Waals surface area (Å²) in [5.74, 6) is -0.603. The van der Waals surface area contributed by atoms with Crippen LogP contribution in [0.4, 0.5) is 10.5 Å². The summed E-state index contributed by atoms with van der Waals surface area (Å²) < 4.78 is 5.26. The highest BCUT2D eigenvalue weighted by molar-refractivity contribution is 6.42. The number of hydrogen-bond donors (Lipinski definition) is 3. The van der Waals surface area contributed by atoms with E-state index in [2.05, 4.69) is 22.5 Å². The maximum absolute atomic E-state index is 13.0. The lowest BCUT2D eigenvalue weighted by Gasteiger charge is -2.34. The van der Waals surface area contributed by atoms with Crippen molar-refractivity contribution in [3.63, 3.8) is 0 Å². The SMILES string of the molecule is C=C1NC(=O)N[C@@H](c2ccc(Cl)c(Cl)c2)[C@@H]1C(=O)Nc1ccccc1OC. The van der Waals surface area contributed by atoms with Crippen LogP contribution in [0.15, 0.2) is 54.7 Å². The van der Waals surface area contributed by atoms with Crippen molar-refractivity contribution in [1.82, 2.24) is 10.6 Å². The summed E-state index contributed by atoms with van der Waals surface area (Å²) >= 11 is 12.1. The van der Waals surface area contributed by atoms with Crippen LogP contribution in [0.1, 0.15) is 11.6 Å². The fraction of sp³-hybridized carbons (Fsp3) is 0.158. The Morgan fingerprint density at radius 1 is 1.19 bits per heavy atom. The van der Waals surface area contributed by atoms with Crippen molar-refractivity contribution < 1.29 is 14.3 Å². The van der Waals surface area contributed by atoms with E-state index in [-0.39, 0.29) is 11.6 Å². The van der Waals surface area contributed by atoms with E-state index in [9.17, 15) is 9.59 Å². The van der Waals surface area contributed by atoms with E-state index in [1.165, 1.54) is 7.11 Å². The number of para-hydroxylation sites is 2. The highest BCUT2D eigenvalue weighted by atomic mass is 35.5. The van der Waals surface area contributed by atoms with E-state index in [4.69, 9.17) is 27.9 Å². The van der Waals surface area contributed by atoms with E-state index >= 15 is 0 Å². The second kappa shape index (κ2) is 7.90. The zero-order chi connectivity index (χ0) is 19.6. The molecule has 2 aromatic rings. The van der Waals surface area contributed by atoms with Gasteiger partial charge in [-0.05, 0) is 29.8 Å². The number of carbonyl (C=O) groups is 2. The number of methoxy groups -OCH3 is 1. The molecule has 3 N–H and O–H groups in total. The molecule has 1 fully saturated rings. The first-order valence-corrected chi connectivity index (χ1v) is 8.81. The first-order valence-electron chi connectivity index (χ1n) is 8.06. The minimum Gasteiger partial charge on any atom is -0.495 e. The van der Waals surface area contributed by atoms with Crippen LogP contribution < -0.4 is 20.7 Å². The molecule has 0 unspecified atom stereocenters. The molecular weight excluding hydrogens is 389 g/mol. The Kier molecular flexibility index (Phi) is 5.58. The predicted octanol–water partition coefficient (Wildman–Crippen LogP) is 4.12. The van der Waals surface area contributed by atoms with Crippen LogP contribution >= 0.6 is 23.2 Å². The highest BCUT2D eigenvalue weighted by Crippen LogP contribution is 2.34. The van der Waals surface area contributed by atoms with Gasteiger partial charge >= 0.3 is 6.03 Å². The van der Waals surface area contributed by atoms with Gasteiger partial charge in [-0.15, -0.1) is 0 Å². The number of nitrogens with one attached hydrogen (secondary N) is 3. The third-order valence-corrected chi connectivity index (χ3v) is 4.96. The predicted molar refractivity (Wildman–Crippen MR) is 105 cm³/mol. The Bertz CT molecular complexity index is 917. The number of amides is 3. The van der Waals surface area contributed by atoms with Crippen LogP contribution in [0, 0.1) is 5.92 Å². The Balaban J connectivity index is 1.93. The number of carbonyl (C=O) groups excluding carboxylic acids is 2.